The molecule has 0 fully saturated rings. The van der Waals surface area contributed by atoms with Crippen LogP contribution in [0.1, 0.15) is 41.5 Å². The zero-order valence-electron chi connectivity index (χ0n) is 21.1. The Morgan fingerprint density at radius 1 is 0.514 bits per heavy atom. The van der Waals surface area contributed by atoms with Gasteiger partial charge in [-0.2, -0.15) is 0 Å². The molecule has 198 valence electrons. The van der Waals surface area contributed by atoms with E-state index in [0.29, 0.717) is 6.29 Å². The third-order valence-corrected chi connectivity index (χ3v) is 4.91. The number of rotatable bonds is 14. The first-order chi connectivity index (χ1) is 16.2. The highest BCUT2D eigenvalue weighted by atomic mass is 16.2. The number of aldehydes is 1. The Morgan fingerprint density at radius 3 is 1.03 bits per heavy atom. The Labute approximate surface area is 204 Å². The third-order valence-electron chi connectivity index (χ3n) is 4.91. The van der Waals surface area contributed by atoms with Crippen LogP contribution in [0.15, 0.2) is 0 Å². The van der Waals surface area contributed by atoms with Crippen molar-refractivity contribution < 1.29 is 33.6 Å². The van der Waals surface area contributed by atoms with Crippen molar-refractivity contribution in [2.24, 2.45) is 0 Å². The molecule has 0 spiro atoms. The van der Waals surface area contributed by atoms with Crippen LogP contribution in [0.4, 0.5) is 0 Å². The second-order valence-corrected chi connectivity index (χ2v) is 8.06. The van der Waals surface area contributed by atoms with Crippen LogP contribution < -0.4 is 37.2 Å². The maximum absolute atomic E-state index is 12.4. The molecule has 0 aliphatic heterocycles. The highest BCUT2D eigenvalue weighted by Gasteiger charge is 2.26. The molecular weight excluding hydrogens is 462 g/mol. The van der Waals surface area contributed by atoms with Gasteiger partial charge in [-0.1, -0.05) is 0 Å². The predicted molar refractivity (Wildman–Crippen MR) is 126 cm³/mol. The molecule has 0 bridgehead atoms. The average Bonchev–Trinajstić information content (AvgIpc) is 2.80. The topological polar surface area (TPSA) is 204 Å². The van der Waals surface area contributed by atoms with Crippen LogP contribution in [0.25, 0.3) is 0 Å². The molecule has 0 aliphatic rings. The van der Waals surface area contributed by atoms with E-state index in [2.05, 4.69) is 37.2 Å². The van der Waals surface area contributed by atoms with Gasteiger partial charge < -0.3 is 36.7 Å². The van der Waals surface area contributed by atoms with Crippen molar-refractivity contribution >= 4 is 41.7 Å². The van der Waals surface area contributed by atoms with Gasteiger partial charge in [0.15, 0.2) is 0 Å². The molecule has 7 N–H and O–H groups in total. The molecule has 0 aliphatic carbocycles. The molecule has 0 rings (SSSR count). The Bertz CT molecular complexity index is 805. The van der Waals surface area contributed by atoms with Crippen molar-refractivity contribution in [1.82, 2.24) is 37.2 Å². The summed E-state index contributed by atoms with van der Waals surface area (Å²) in [5, 5.41) is 17.2. The van der Waals surface area contributed by atoms with Crippen LogP contribution in [0.3, 0.4) is 0 Å². The molecule has 0 saturated carbocycles. The van der Waals surface area contributed by atoms with Gasteiger partial charge in [0.1, 0.15) is 36.5 Å². The van der Waals surface area contributed by atoms with Gasteiger partial charge in [-0.25, -0.2) is 0 Å². The van der Waals surface area contributed by atoms with E-state index in [9.17, 15) is 33.6 Å². The van der Waals surface area contributed by atoms with E-state index in [-0.39, 0.29) is 6.54 Å². The van der Waals surface area contributed by atoms with E-state index >= 15 is 0 Å². The number of carbonyl (C=O) groups excluding carboxylic acids is 7. The van der Waals surface area contributed by atoms with Gasteiger partial charge in [0.25, 0.3) is 0 Å². The van der Waals surface area contributed by atoms with Crippen LogP contribution in [-0.2, 0) is 33.6 Å². The molecule has 14 nitrogen and oxygen atoms in total. The first-order valence-electron chi connectivity index (χ1n) is 11.2. The van der Waals surface area contributed by atoms with E-state index < -0.39 is 71.7 Å². The van der Waals surface area contributed by atoms with Gasteiger partial charge in [-0.15, -0.1) is 0 Å². The van der Waals surface area contributed by atoms with Gasteiger partial charge in [0.05, 0.1) is 12.6 Å². The molecule has 0 saturated heterocycles. The fourth-order valence-corrected chi connectivity index (χ4v) is 2.55. The molecule has 0 aromatic carbocycles. The molecule has 0 aromatic heterocycles. The molecule has 0 radical (unpaired) electrons. The van der Waals surface area contributed by atoms with Crippen molar-refractivity contribution in [3.8, 4) is 0 Å². The largest absolute Gasteiger partial charge is 0.357 e. The molecule has 35 heavy (non-hydrogen) atoms. The predicted octanol–water partition coefficient (Wildman–Crippen LogP) is -3.57. The quantitative estimate of drug-likeness (QED) is 0.119. The fourth-order valence-electron chi connectivity index (χ4n) is 2.55. The van der Waals surface area contributed by atoms with Crippen molar-refractivity contribution in [3.05, 3.63) is 0 Å². The first-order valence-corrected chi connectivity index (χ1v) is 11.2. The highest BCUT2D eigenvalue weighted by Crippen LogP contribution is 1.94. The van der Waals surface area contributed by atoms with E-state index in [1.165, 1.54) is 48.6 Å². The van der Waals surface area contributed by atoms with Gasteiger partial charge in [-0.3, -0.25) is 34.1 Å². The summed E-state index contributed by atoms with van der Waals surface area (Å²) in [5.41, 5.74) is 0. The highest BCUT2D eigenvalue weighted by molar-refractivity contribution is 5.96. The minimum atomic E-state index is -1.03. The number of hydrogen-bond donors (Lipinski definition) is 7. The number of hydrogen-bond acceptors (Lipinski definition) is 8. The summed E-state index contributed by atoms with van der Waals surface area (Å²) in [5.74, 6) is -3.42. The number of nitrogens with one attached hydrogen (secondary N) is 7. The molecule has 0 unspecified atom stereocenters. The minimum absolute atomic E-state index is 0.0171. The van der Waals surface area contributed by atoms with Gasteiger partial charge in [0, 0.05) is 7.05 Å². The summed E-state index contributed by atoms with van der Waals surface area (Å²) in [7, 11) is 1.43. The summed E-state index contributed by atoms with van der Waals surface area (Å²) >= 11 is 0. The van der Waals surface area contributed by atoms with Gasteiger partial charge in [0.2, 0.25) is 35.4 Å². The van der Waals surface area contributed by atoms with Crippen molar-refractivity contribution in [1.29, 1.82) is 0 Å². The van der Waals surface area contributed by atoms with Crippen molar-refractivity contribution in [2.75, 3.05) is 13.6 Å². The Hall–Kier alpha value is -3.55. The summed E-state index contributed by atoms with van der Waals surface area (Å²) in [6.45, 7) is 8.65. The molecule has 6 atom stereocenters. The zero-order valence-corrected chi connectivity index (χ0v) is 21.1. The summed E-state index contributed by atoms with van der Waals surface area (Å²) in [6.07, 6.45) is 0.602. The molecule has 6 amide bonds. The second-order valence-electron chi connectivity index (χ2n) is 8.06. The third kappa shape index (κ3) is 11.4. The maximum atomic E-state index is 12.4. The van der Waals surface area contributed by atoms with E-state index in [1.807, 2.05) is 0 Å². The number of amides is 6. The van der Waals surface area contributed by atoms with Crippen LogP contribution in [0, 0.1) is 0 Å². The van der Waals surface area contributed by atoms with Gasteiger partial charge in [-0.05, 0) is 41.5 Å². The molecule has 0 aromatic rings. The Morgan fingerprint density at radius 2 is 0.771 bits per heavy atom. The Balaban J connectivity index is 4.66. The SMILES string of the molecule is CNC(=O)[C@H](C)NC(=O)[C@H](C)NC(=O)[C@H](C)NC(=O)[C@H](C)NC(=O)[C@H](C)NC(=O)[C@H](C)NCC=O. The summed E-state index contributed by atoms with van der Waals surface area (Å²) < 4.78 is 0. The molecule has 0 heterocycles. The number of likely N-dealkylation sites (N-methyl/N-ethyl adjacent to an activating group) is 1. The first kappa shape index (κ1) is 31.4. The van der Waals surface area contributed by atoms with Crippen molar-refractivity contribution in [2.45, 2.75) is 77.8 Å². The zero-order chi connectivity index (χ0) is 27.3. The van der Waals surface area contributed by atoms with Gasteiger partial charge >= 0.3 is 0 Å². The monoisotopic (exact) mass is 499 g/mol. The smallest absolute Gasteiger partial charge is 0.242 e. The molecular formula is C21H37N7O7. The summed E-state index contributed by atoms with van der Waals surface area (Å²) in [4.78, 5) is 83.0. The second kappa shape index (κ2) is 15.4. The normalized spacial score (nSPS) is 15.6. The van der Waals surface area contributed by atoms with E-state index in [1.54, 1.807) is 0 Å². The lowest BCUT2D eigenvalue weighted by atomic mass is 10.2. The fraction of sp³-hybridized carbons (Fsp3) is 0.667. The maximum Gasteiger partial charge on any atom is 0.242 e. The standard InChI is InChI=1S/C21H37N7O7/c1-10(23-8-9-29)17(31)25-12(3)19(33)27-14(5)21(35)28-15(6)20(34)26-13(4)18(32)24-11(2)16(30)22-7/h9-15,23H,8H2,1-7H3,(H,22,30)(H,24,32)(H,25,31)(H,26,34)(H,27,33)(H,28,35)/t10-,11-,12-,13-,14-,15-/m0/s1. The van der Waals surface area contributed by atoms with Crippen LogP contribution in [0.5, 0.6) is 0 Å². The lowest BCUT2D eigenvalue weighted by molar-refractivity contribution is -0.134. The van der Waals surface area contributed by atoms with Crippen molar-refractivity contribution in [3.63, 3.8) is 0 Å². The Kier molecular flexibility index (Phi) is 13.8. The minimum Gasteiger partial charge on any atom is -0.357 e. The molecule has 14 heteroatoms. The van der Waals surface area contributed by atoms with Crippen LogP contribution >= 0.6 is 0 Å². The van der Waals surface area contributed by atoms with Crippen LogP contribution in [0.2, 0.25) is 0 Å². The van der Waals surface area contributed by atoms with E-state index in [0.717, 1.165) is 0 Å². The lowest BCUT2D eigenvalue weighted by Crippen LogP contribution is -2.57. The average molecular weight is 500 g/mol. The summed E-state index contributed by atoms with van der Waals surface area (Å²) in [6, 6.07) is -5.50. The van der Waals surface area contributed by atoms with E-state index in [4.69, 9.17) is 0 Å². The number of carbonyl (C=O) groups is 7. The van der Waals surface area contributed by atoms with Crippen LogP contribution in [-0.4, -0.2) is 91.6 Å². The lowest BCUT2D eigenvalue weighted by Gasteiger charge is -2.22.